The molecule has 3 rings (SSSR count). The van der Waals surface area contributed by atoms with Gasteiger partial charge in [-0.15, -0.1) is 0 Å². The van der Waals surface area contributed by atoms with E-state index in [-0.39, 0.29) is 12.3 Å². The molecule has 2 amide bonds. The molecule has 1 aromatic rings. The Morgan fingerprint density at radius 1 is 1.21 bits per heavy atom. The highest BCUT2D eigenvalue weighted by Crippen LogP contribution is 2.31. The number of halogens is 1. The van der Waals surface area contributed by atoms with E-state index in [1.54, 1.807) is 6.07 Å². The molecule has 1 unspecified atom stereocenters. The Labute approximate surface area is 140 Å². The average Bonchev–Trinajstić information content (AvgIpc) is 2.56. The first-order valence-corrected chi connectivity index (χ1v) is 8.40. The number of benzene rings is 1. The Bertz CT molecular complexity index is 654. The van der Waals surface area contributed by atoms with Crippen LogP contribution in [0.15, 0.2) is 18.2 Å². The molecule has 1 N–H and O–H groups in total. The number of carbonyl (C=O) groups excluding carboxylic acids is 3. The Hall–Kier alpha value is -2.24. The summed E-state index contributed by atoms with van der Waals surface area (Å²) in [6.45, 7) is 1.60. The lowest BCUT2D eigenvalue weighted by atomic mass is 9.89. The highest BCUT2D eigenvalue weighted by atomic mass is 19.1. The Morgan fingerprint density at radius 2 is 1.96 bits per heavy atom. The van der Waals surface area contributed by atoms with Gasteiger partial charge in [-0.05, 0) is 37.3 Å². The summed E-state index contributed by atoms with van der Waals surface area (Å²) in [6.07, 6.45) is 4.00. The normalized spacial score (nSPS) is 22.4. The molecule has 0 spiro atoms. The van der Waals surface area contributed by atoms with Crippen molar-refractivity contribution in [3.05, 3.63) is 29.6 Å². The molecular weight excluding hydrogens is 311 g/mol. The molecule has 1 aromatic carbocycles. The second-order valence-corrected chi connectivity index (χ2v) is 6.54. The zero-order valence-corrected chi connectivity index (χ0v) is 13.5. The molecule has 2 heterocycles. The van der Waals surface area contributed by atoms with Gasteiger partial charge in [0.2, 0.25) is 11.8 Å². The monoisotopic (exact) mass is 332 g/mol. The molecule has 24 heavy (non-hydrogen) atoms. The number of anilines is 1. The van der Waals surface area contributed by atoms with E-state index in [0.717, 1.165) is 37.9 Å². The lowest BCUT2D eigenvalue weighted by Gasteiger charge is -2.33. The second kappa shape index (κ2) is 7.11. The quantitative estimate of drug-likeness (QED) is 0.678. The summed E-state index contributed by atoms with van der Waals surface area (Å²) in [6, 6.07) is 4.96. The third-order valence-electron chi connectivity index (χ3n) is 5.01. The molecule has 2 saturated heterocycles. The first-order valence-electron chi connectivity index (χ1n) is 8.40. The largest absolute Gasteiger partial charge is 0.371 e. The molecular formula is C18H21FN2O3. The fourth-order valence-electron chi connectivity index (χ4n) is 3.55. The molecule has 128 valence electrons. The van der Waals surface area contributed by atoms with Gasteiger partial charge in [-0.2, -0.15) is 0 Å². The molecule has 5 nitrogen and oxygen atoms in total. The lowest BCUT2D eigenvalue weighted by Crippen LogP contribution is -2.39. The summed E-state index contributed by atoms with van der Waals surface area (Å²) in [7, 11) is 0. The van der Waals surface area contributed by atoms with Crippen molar-refractivity contribution in [2.75, 3.05) is 18.0 Å². The number of aldehydes is 1. The van der Waals surface area contributed by atoms with Crippen molar-refractivity contribution in [1.29, 1.82) is 0 Å². The van der Waals surface area contributed by atoms with Crippen LogP contribution in [-0.2, 0) is 14.4 Å². The molecule has 2 aliphatic heterocycles. The van der Waals surface area contributed by atoms with Gasteiger partial charge in [0.25, 0.3) is 0 Å². The fraction of sp³-hybridized carbons (Fsp3) is 0.500. The van der Waals surface area contributed by atoms with Crippen molar-refractivity contribution < 1.29 is 18.8 Å². The number of nitrogens with zero attached hydrogens (tertiary/aromatic N) is 1. The van der Waals surface area contributed by atoms with E-state index in [1.165, 1.54) is 6.07 Å². The van der Waals surface area contributed by atoms with E-state index in [1.807, 2.05) is 6.07 Å². The fourth-order valence-corrected chi connectivity index (χ4v) is 3.55. The van der Waals surface area contributed by atoms with Crippen LogP contribution in [-0.4, -0.2) is 31.2 Å². The molecule has 0 aromatic heterocycles. The summed E-state index contributed by atoms with van der Waals surface area (Å²) in [4.78, 5) is 35.8. The number of imide groups is 1. The lowest BCUT2D eigenvalue weighted by molar-refractivity contribution is -0.134. The number of nitrogens with one attached hydrogen (secondary N) is 1. The average molecular weight is 332 g/mol. The van der Waals surface area contributed by atoms with Gasteiger partial charge in [-0.3, -0.25) is 14.9 Å². The first kappa shape index (κ1) is 16.6. The summed E-state index contributed by atoms with van der Waals surface area (Å²) < 4.78 is 14.5. The highest BCUT2D eigenvalue weighted by Gasteiger charge is 2.30. The Kier molecular flexibility index (Phi) is 4.92. The van der Waals surface area contributed by atoms with E-state index in [0.29, 0.717) is 24.3 Å². The molecule has 1 atom stereocenters. The zero-order chi connectivity index (χ0) is 17.1. The Balaban J connectivity index is 1.70. The van der Waals surface area contributed by atoms with Crippen molar-refractivity contribution in [2.45, 2.75) is 38.0 Å². The van der Waals surface area contributed by atoms with Gasteiger partial charge < -0.3 is 9.69 Å². The standard InChI is InChI=1S/C18H21FN2O3/c19-16-11-13(21-8-5-12(6-9-21)7-10-22)1-2-14(16)15-3-4-17(23)20-18(15)24/h1-2,10-12,15H,3-9H2,(H,20,23,24). The van der Waals surface area contributed by atoms with Crippen molar-refractivity contribution in [3.63, 3.8) is 0 Å². The van der Waals surface area contributed by atoms with Crippen LogP contribution in [0.1, 0.15) is 43.6 Å². The minimum atomic E-state index is -0.602. The van der Waals surface area contributed by atoms with Gasteiger partial charge in [0, 0.05) is 37.2 Å². The number of hydrogen-bond acceptors (Lipinski definition) is 4. The maximum Gasteiger partial charge on any atom is 0.234 e. The molecule has 2 aliphatic rings. The van der Waals surface area contributed by atoms with Gasteiger partial charge in [0.05, 0.1) is 5.92 Å². The number of hydrogen-bond donors (Lipinski definition) is 1. The van der Waals surface area contributed by atoms with Crippen LogP contribution in [0.4, 0.5) is 10.1 Å². The minimum absolute atomic E-state index is 0.238. The van der Waals surface area contributed by atoms with Crippen LogP contribution < -0.4 is 10.2 Å². The molecule has 0 saturated carbocycles. The summed E-state index contributed by atoms with van der Waals surface area (Å²) in [5.74, 6) is -1.31. The van der Waals surface area contributed by atoms with Gasteiger partial charge in [-0.1, -0.05) is 6.07 Å². The number of rotatable bonds is 4. The smallest absolute Gasteiger partial charge is 0.234 e. The predicted octanol–water partition coefficient (Wildman–Crippen LogP) is 2.15. The SMILES string of the molecule is O=CCC1CCN(c2ccc(C3CCC(=O)NC3=O)c(F)c2)CC1. The third kappa shape index (κ3) is 3.47. The molecule has 2 fully saturated rings. The van der Waals surface area contributed by atoms with E-state index in [4.69, 9.17) is 0 Å². The second-order valence-electron chi connectivity index (χ2n) is 6.54. The maximum absolute atomic E-state index is 14.5. The topological polar surface area (TPSA) is 66.5 Å². The van der Waals surface area contributed by atoms with E-state index in [9.17, 15) is 18.8 Å². The predicted molar refractivity (Wildman–Crippen MR) is 87.1 cm³/mol. The number of amides is 2. The maximum atomic E-state index is 14.5. The van der Waals surface area contributed by atoms with Crippen LogP contribution in [0.2, 0.25) is 0 Å². The van der Waals surface area contributed by atoms with E-state index in [2.05, 4.69) is 10.2 Å². The van der Waals surface area contributed by atoms with Crippen LogP contribution in [0.3, 0.4) is 0 Å². The molecule has 0 aliphatic carbocycles. The van der Waals surface area contributed by atoms with Crippen LogP contribution in [0.5, 0.6) is 0 Å². The van der Waals surface area contributed by atoms with E-state index >= 15 is 0 Å². The third-order valence-corrected chi connectivity index (χ3v) is 5.01. The molecule has 0 radical (unpaired) electrons. The summed E-state index contributed by atoms with van der Waals surface area (Å²) in [5.41, 5.74) is 1.15. The molecule has 6 heteroatoms. The van der Waals surface area contributed by atoms with Crippen molar-refractivity contribution >= 4 is 23.8 Å². The van der Waals surface area contributed by atoms with Crippen molar-refractivity contribution in [1.82, 2.24) is 5.32 Å². The van der Waals surface area contributed by atoms with Crippen molar-refractivity contribution in [3.8, 4) is 0 Å². The number of carbonyl (C=O) groups is 3. The van der Waals surface area contributed by atoms with Gasteiger partial charge >= 0.3 is 0 Å². The molecule has 0 bridgehead atoms. The summed E-state index contributed by atoms with van der Waals surface area (Å²) >= 11 is 0. The zero-order valence-electron chi connectivity index (χ0n) is 13.5. The van der Waals surface area contributed by atoms with Crippen molar-refractivity contribution in [2.24, 2.45) is 5.92 Å². The van der Waals surface area contributed by atoms with E-state index < -0.39 is 17.6 Å². The minimum Gasteiger partial charge on any atom is -0.371 e. The number of piperidine rings is 2. The van der Waals surface area contributed by atoms with Crippen LogP contribution >= 0.6 is 0 Å². The summed E-state index contributed by atoms with van der Waals surface area (Å²) in [5, 5.41) is 2.27. The van der Waals surface area contributed by atoms with Gasteiger partial charge in [0.1, 0.15) is 12.1 Å². The van der Waals surface area contributed by atoms with Crippen LogP contribution in [0.25, 0.3) is 0 Å². The van der Waals surface area contributed by atoms with Crippen LogP contribution in [0, 0.1) is 11.7 Å². The van der Waals surface area contributed by atoms with Gasteiger partial charge in [-0.25, -0.2) is 4.39 Å². The highest BCUT2D eigenvalue weighted by molar-refractivity contribution is 6.01. The first-order chi connectivity index (χ1) is 11.6. The Morgan fingerprint density at radius 3 is 2.58 bits per heavy atom. The van der Waals surface area contributed by atoms with Gasteiger partial charge in [0.15, 0.2) is 0 Å².